The molecule has 204 valence electrons. The first kappa shape index (κ1) is 25.3. The lowest BCUT2D eigenvalue weighted by atomic mass is 9.44. The smallest absolute Gasteiger partial charge is 0.179 e. The quantitative estimate of drug-likeness (QED) is 0.317. The zero-order valence-corrected chi connectivity index (χ0v) is 23.7. The molecule has 0 amide bonds. The second-order valence-electron chi connectivity index (χ2n) is 12.6. The van der Waals surface area contributed by atoms with Crippen LogP contribution < -0.4 is 0 Å². The first-order valence-electron chi connectivity index (χ1n) is 14.4. The van der Waals surface area contributed by atoms with Crippen molar-refractivity contribution in [3.63, 3.8) is 0 Å². The van der Waals surface area contributed by atoms with E-state index in [0.29, 0.717) is 12.2 Å². The number of hydrogen-bond acceptors (Lipinski definition) is 4. The molecule has 3 aromatic rings. The molecule has 4 unspecified atom stereocenters. The molecule has 1 saturated carbocycles. The fraction of sp³-hybridized carbons (Fsp3) is 0.361. The van der Waals surface area contributed by atoms with Crippen molar-refractivity contribution in [3.05, 3.63) is 99.1 Å². The van der Waals surface area contributed by atoms with Gasteiger partial charge >= 0.3 is 0 Å². The number of aryl methyl sites for hydroxylation is 2. The maximum absolute atomic E-state index is 14.5. The molecule has 5 aliphatic rings. The zero-order chi connectivity index (χ0) is 28.3. The van der Waals surface area contributed by atoms with Crippen molar-refractivity contribution in [2.24, 2.45) is 11.3 Å². The van der Waals surface area contributed by atoms with E-state index < -0.39 is 11.0 Å². The van der Waals surface area contributed by atoms with E-state index in [9.17, 15) is 20.1 Å². The average molecular weight is 533 g/mol. The van der Waals surface area contributed by atoms with Crippen LogP contribution in [0.4, 0.5) is 0 Å². The fourth-order valence-electron chi connectivity index (χ4n) is 8.76. The highest BCUT2D eigenvalue weighted by Crippen LogP contribution is 2.67. The summed E-state index contributed by atoms with van der Waals surface area (Å²) in [6, 6.07) is 12.1. The van der Waals surface area contributed by atoms with Gasteiger partial charge in [-0.05, 0) is 133 Å². The summed E-state index contributed by atoms with van der Waals surface area (Å²) >= 11 is 0. The molecule has 4 heteroatoms. The Bertz CT molecular complexity index is 1700. The van der Waals surface area contributed by atoms with E-state index in [1.807, 2.05) is 32.1 Å². The van der Waals surface area contributed by atoms with Crippen molar-refractivity contribution < 1.29 is 20.1 Å². The van der Waals surface area contributed by atoms with E-state index >= 15 is 0 Å². The molecular weight excluding hydrogens is 496 g/mol. The Labute approximate surface area is 235 Å². The second kappa shape index (κ2) is 8.20. The number of aromatic hydroxyl groups is 2. The maximum Gasteiger partial charge on any atom is 0.179 e. The molecule has 3 aromatic carbocycles. The van der Waals surface area contributed by atoms with Crippen LogP contribution in [-0.2, 0) is 24.1 Å². The predicted octanol–water partition coefficient (Wildman–Crippen LogP) is 6.80. The third-order valence-corrected chi connectivity index (χ3v) is 10.9. The van der Waals surface area contributed by atoms with Crippen LogP contribution >= 0.6 is 0 Å². The lowest BCUT2D eigenvalue weighted by Crippen LogP contribution is -2.62. The predicted molar refractivity (Wildman–Crippen MR) is 158 cm³/mol. The molecule has 3 N–H and O–H groups in total. The van der Waals surface area contributed by atoms with Gasteiger partial charge in [0.1, 0.15) is 17.1 Å². The summed E-state index contributed by atoms with van der Waals surface area (Å²) in [6.45, 7) is 12.0. The average Bonchev–Trinajstić information content (AvgIpc) is 2.94. The standard InChI is InChI=1S/C36H36O4/c1-6-36-30(27-16-28-21(15-18(27)2)7-8-22-19(3)31(37)13-11-24(22)28)17-29(35(5,40)34(36)39)26-10-9-23-20(4)32(38)14-12-25(23)33(26)36/h6,11-16,29-30,37-38,40H,1,7-10,17H2,2-5H3. The number of benzene rings is 3. The lowest BCUT2D eigenvalue weighted by Gasteiger charge is -2.59. The minimum atomic E-state index is -1.46. The fourth-order valence-corrected chi connectivity index (χ4v) is 8.76. The minimum Gasteiger partial charge on any atom is -0.508 e. The number of ketones is 1. The Morgan fingerprint density at radius 2 is 1.48 bits per heavy atom. The molecule has 5 aliphatic carbocycles. The number of rotatable bonds is 2. The van der Waals surface area contributed by atoms with Gasteiger partial charge in [-0.1, -0.05) is 35.9 Å². The molecule has 2 bridgehead atoms. The topological polar surface area (TPSA) is 77.8 Å². The summed E-state index contributed by atoms with van der Waals surface area (Å²) in [5.41, 5.74) is 10.6. The number of carbonyl (C=O) groups is 1. The van der Waals surface area contributed by atoms with Crippen molar-refractivity contribution in [1.29, 1.82) is 0 Å². The van der Waals surface area contributed by atoms with E-state index in [0.717, 1.165) is 70.2 Å². The molecule has 4 atom stereocenters. The van der Waals surface area contributed by atoms with Gasteiger partial charge in [-0.15, -0.1) is 6.58 Å². The number of carbonyl (C=O) groups excluding carboxylic acids is 1. The van der Waals surface area contributed by atoms with Crippen molar-refractivity contribution in [2.75, 3.05) is 0 Å². The van der Waals surface area contributed by atoms with Gasteiger partial charge in [-0.25, -0.2) is 0 Å². The van der Waals surface area contributed by atoms with Crippen molar-refractivity contribution in [1.82, 2.24) is 0 Å². The second-order valence-corrected chi connectivity index (χ2v) is 12.6. The Balaban J connectivity index is 1.48. The van der Waals surface area contributed by atoms with E-state index in [1.165, 1.54) is 22.3 Å². The highest BCUT2D eigenvalue weighted by atomic mass is 16.3. The maximum atomic E-state index is 14.5. The first-order chi connectivity index (χ1) is 19.0. The summed E-state index contributed by atoms with van der Waals surface area (Å²) in [5.74, 6) is -0.0144. The first-order valence-corrected chi connectivity index (χ1v) is 14.4. The van der Waals surface area contributed by atoms with Crippen LogP contribution in [0.15, 0.2) is 54.6 Å². The summed E-state index contributed by atoms with van der Waals surface area (Å²) in [7, 11) is 0. The monoisotopic (exact) mass is 532 g/mol. The van der Waals surface area contributed by atoms with Gasteiger partial charge < -0.3 is 15.3 Å². The van der Waals surface area contributed by atoms with Gasteiger partial charge in [0.05, 0.1) is 5.41 Å². The van der Waals surface area contributed by atoms with Gasteiger partial charge in [0, 0.05) is 11.8 Å². The van der Waals surface area contributed by atoms with Crippen molar-refractivity contribution in [2.45, 2.75) is 71.3 Å². The van der Waals surface area contributed by atoms with Crippen LogP contribution in [0.3, 0.4) is 0 Å². The van der Waals surface area contributed by atoms with E-state index in [1.54, 1.807) is 19.1 Å². The van der Waals surface area contributed by atoms with Gasteiger partial charge in [0.15, 0.2) is 5.78 Å². The molecule has 0 aromatic heterocycles. The van der Waals surface area contributed by atoms with Gasteiger partial charge in [0.2, 0.25) is 0 Å². The molecule has 0 heterocycles. The van der Waals surface area contributed by atoms with Gasteiger partial charge in [-0.3, -0.25) is 4.79 Å². The molecular formula is C36H36O4. The van der Waals surface area contributed by atoms with Crippen LogP contribution in [0.1, 0.15) is 70.2 Å². The summed E-state index contributed by atoms with van der Waals surface area (Å²) in [5, 5.41) is 32.6. The Hall–Kier alpha value is -3.63. The van der Waals surface area contributed by atoms with Crippen LogP contribution in [0.5, 0.6) is 11.5 Å². The number of fused-ring (bicyclic) bond motifs is 6. The third kappa shape index (κ3) is 2.98. The highest BCUT2D eigenvalue weighted by Gasteiger charge is 2.66. The number of aliphatic hydroxyl groups is 1. The van der Waals surface area contributed by atoms with Gasteiger partial charge in [-0.2, -0.15) is 0 Å². The number of Topliss-reactive ketones (excluding diaryl/α,β-unsaturated/α-hetero) is 1. The Kier molecular flexibility index (Phi) is 5.20. The molecule has 4 nitrogen and oxygen atoms in total. The summed E-state index contributed by atoms with van der Waals surface area (Å²) in [4.78, 5) is 14.5. The van der Waals surface area contributed by atoms with E-state index in [2.05, 4.69) is 25.6 Å². The van der Waals surface area contributed by atoms with Crippen LogP contribution in [-0.4, -0.2) is 26.7 Å². The SMILES string of the molecule is C=CC12C(=O)C(C)(O)C(CC1c1cc3c(cc1C)CCc1c-3ccc(O)c1C)C1=C2c2ccc(O)c(C)c2CC1. The molecule has 0 radical (unpaired) electrons. The van der Waals surface area contributed by atoms with Crippen LogP contribution in [0.25, 0.3) is 16.7 Å². The van der Waals surface area contributed by atoms with Crippen LogP contribution in [0, 0.1) is 32.1 Å². The Morgan fingerprint density at radius 3 is 2.15 bits per heavy atom. The Morgan fingerprint density at radius 1 is 0.850 bits per heavy atom. The largest absolute Gasteiger partial charge is 0.508 e. The van der Waals surface area contributed by atoms with Crippen molar-refractivity contribution >= 4 is 11.4 Å². The number of hydrogen-bond donors (Lipinski definition) is 3. The lowest BCUT2D eigenvalue weighted by molar-refractivity contribution is -0.154. The molecule has 8 rings (SSSR count). The highest BCUT2D eigenvalue weighted by molar-refractivity contribution is 6.10. The number of allylic oxidation sites excluding steroid dienone is 2. The van der Waals surface area contributed by atoms with Crippen molar-refractivity contribution in [3.8, 4) is 22.6 Å². The number of phenolic OH excluding ortho intramolecular Hbond substituents is 2. The van der Waals surface area contributed by atoms with E-state index in [-0.39, 0.29) is 23.4 Å². The number of phenols is 2. The normalized spacial score (nSPS) is 28.1. The van der Waals surface area contributed by atoms with E-state index in [4.69, 9.17) is 0 Å². The third-order valence-electron chi connectivity index (χ3n) is 10.9. The molecule has 40 heavy (non-hydrogen) atoms. The summed E-state index contributed by atoms with van der Waals surface area (Å²) < 4.78 is 0. The summed E-state index contributed by atoms with van der Waals surface area (Å²) in [6.07, 6.45) is 5.84. The molecule has 0 spiro atoms. The van der Waals surface area contributed by atoms with Crippen LogP contribution in [0.2, 0.25) is 0 Å². The zero-order valence-electron chi connectivity index (χ0n) is 23.7. The minimum absolute atomic E-state index is 0.171. The molecule has 0 saturated heterocycles. The molecule has 0 aliphatic heterocycles. The molecule has 1 fully saturated rings. The van der Waals surface area contributed by atoms with Gasteiger partial charge in [0.25, 0.3) is 0 Å².